The van der Waals surface area contributed by atoms with Crippen LogP contribution in [0.2, 0.25) is 0 Å². The third-order valence-corrected chi connectivity index (χ3v) is 2.21. The van der Waals surface area contributed by atoms with Crippen molar-refractivity contribution in [3.63, 3.8) is 0 Å². The lowest BCUT2D eigenvalue weighted by molar-refractivity contribution is 0.128. The Morgan fingerprint density at radius 1 is 1.18 bits per heavy atom. The predicted octanol–water partition coefficient (Wildman–Crippen LogP) is 0.0544. The molecule has 0 amide bonds. The van der Waals surface area contributed by atoms with E-state index in [-0.39, 0.29) is 6.61 Å². The molecule has 0 N–H and O–H groups in total. The molecule has 3 nitrogen and oxygen atoms in total. The molecule has 0 spiro atoms. The van der Waals surface area contributed by atoms with Gasteiger partial charge in [0, 0.05) is 32.7 Å². The Kier molecular flexibility index (Phi) is 3.83. The minimum Gasteiger partial charge on any atom is -0.304 e. The third kappa shape index (κ3) is 3.18. The standard InChI is InChI=1S/C8H17N2O/c1-9-4-6-10(7-5-9)3-2-8-11/h2-8H2,1H3. The van der Waals surface area contributed by atoms with E-state index < -0.39 is 0 Å². The lowest BCUT2D eigenvalue weighted by Gasteiger charge is -2.31. The molecule has 0 bridgehead atoms. The van der Waals surface area contributed by atoms with Gasteiger partial charge in [-0.2, -0.15) is 0 Å². The van der Waals surface area contributed by atoms with Gasteiger partial charge < -0.3 is 9.80 Å². The van der Waals surface area contributed by atoms with Crippen molar-refractivity contribution >= 4 is 0 Å². The molecule has 0 unspecified atom stereocenters. The van der Waals surface area contributed by atoms with Crippen LogP contribution in [0, 0.1) is 0 Å². The van der Waals surface area contributed by atoms with Crippen LogP contribution in [0.5, 0.6) is 0 Å². The first-order valence-electron chi connectivity index (χ1n) is 4.32. The Labute approximate surface area is 68.6 Å². The van der Waals surface area contributed by atoms with Gasteiger partial charge in [-0.15, -0.1) is 0 Å². The second-order valence-corrected chi connectivity index (χ2v) is 3.20. The molecule has 3 heteroatoms. The van der Waals surface area contributed by atoms with Crippen molar-refractivity contribution in [3.05, 3.63) is 0 Å². The minimum absolute atomic E-state index is 0.0757. The van der Waals surface area contributed by atoms with Gasteiger partial charge in [0.2, 0.25) is 0 Å². The summed E-state index contributed by atoms with van der Waals surface area (Å²) in [6.07, 6.45) is 0.809. The number of hydrogen-bond acceptors (Lipinski definition) is 2. The number of nitrogens with zero attached hydrogens (tertiary/aromatic N) is 2. The van der Waals surface area contributed by atoms with Gasteiger partial charge in [-0.3, -0.25) is 0 Å². The zero-order valence-corrected chi connectivity index (χ0v) is 7.25. The fraction of sp³-hybridized carbons (Fsp3) is 1.00. The molecule has 0 aromatic carbocycles. The van der Waals surface area contributed by atoms with Crippen LogP contribution in [0.1, 0.15) is 6.42 Å². The minimum atomic E-state index is 0.0757. The van der Waals surface area contributed by atoms with Crippen molar-refractivity contribution in [2.75, 3.05) is 46.4 Å². The quantitative estimate of drug-likeness (QED) is 0.579. The van der Waals surface area contributed by atoms with E-state index in [0.717, 1.165) is 39.1 Å². The number of piperazine rings is 1. The summed E-state index contributed by atoms with van der Waals surface area (Å²) in [4.78, 5) is 4.70. The second-order valence-electron chi connectivity index (χ2n) is 3.20. The van der Waals surface area contributed by atoms with Gasteiger partial charge in [-0.25, -0.2) is 5.11 Å². The van der Waals surface area contributed by atoms with Gasteiger partial charge >= 0.3 is 0 Å². The summed E-state index contributed by atoms with van der Waals surface area (Å²) in [7, 11) is 2.14. The van der Waals surface area contributed by atoms with E-state index in [1.165, 1.54) is 0 Å². The summed E-state index contributed by atoms with van der Waals surface area (Å²) in [6.45, 7) is 5.65. The van der Waals surface area contributed by atoms with Gasteiger partial charge in [0.1, 0.15) is 0 Å². The van der Waals surface area contributed by atoms with Crippen LogP contribution in [-0.2, 0) is 5.11 Å². The molecule has 1 fully saturated rings. The molecule has 1 aliphatic rings. The van der Waals surface area contributed by atoms with Crippen molar-refractivity contribution < 1.29 is 5.11 Å². The molecule has 0 atom stereocenters. The van der Waals surface area contributed by atoms with Gasteiger partial charge in [0.05, 0.1) is 6.61 Å². The van der Waals surface area contributed by atoms with Crippen molar-refractivity contribution in [1.29, 1.82) is 0 Å². The topological polar surface area (TPSA) is 26.4 Å². The summed E-state index contributed by atoms with van der Waals surface area (Å²) in [5.74, 6) is 0. The molecule has 0 aliphatic carbocycles. The molecule has 11 heavy (non-hydrogen) atoms. The third-order valence-electron chi connectivity index (χ3n) is 2.21. The molecule has 1 rings (SSSR count). The number of rotatable bonds is 3. The smallest absolute Gasteiger partial charge is 0.0834 e. The van der Waals surface area contributed by atoms with Gasteiger partial charge in [0.15, 0.2) is 0 Å². The van der Waals surface area contributed by atoms with E-state index in [2.05, 4.69) is 16.8 Å². The van der Waals surface area contributed by atoms with Crippen LogP contribution in [0.3, 0.4) is 0 Å². The summed E-state index contributed by atoms with van der Waals surface area (Å²) in [5, 5.41) is 10.2. The fourth-order valence-corrected chi connectivity index (χ4v) is 1.36. The molecule has 0 aromatic heterocycles. The monoisotopic (exact) mass is 157 g/mol. The fourth-order valence-electron chi connectivity index (χ4n) is 1.36. The van der Waals surface area contributed by atoms with Crippen LogP contribution in [0.25, 0.3) is 0 Å². The van der Waals surface area contributed by atoms with Crippen molar-refractivity contribution in [2.24, 2.45) is 0 Å². The zero-order valence-electron chi connectivity index (χ0n) is 7.25. The summed E-state index contributed by atoms with van der Waals surface area (Å²) >= 11 is 0. The molecule has 1 saturated heterocycles. The lowest BCUT2D eigenvalue weighted by atomic mass is 10.3. The molecular weight excluding hydrogens is 140 g/mol. The van der Waals surface area contributed by atoms with Crippen LogP contribution in [0.15, 0.2) is 0 Å². The first-order valence-corrected chi connectivity index (χ1v) is 4.32. The summed E-state index contributed by atoms with van der Waals surface area (Å²) in [5.41, 5.74) is 0. The first kappa shape index (κ1) is 8.97. The molecule has 1 aliphatic heterocycles. The Hall–Kier alpha value is -0.120. The average molecular weight is 157 g/mol. The second kappa shape index (κ2) is 4.70. The highest BCUT2D eigenvalue weighted by Crippen LogP contribution is 1.99. The van der Waals surface area contributed by atoms with Crippen molar-refractivity contribution in [1.82, 2.24) is 9.80 Å². The lowest BCUT2D eigenvalue weighted by Crippen LogP contribution is -2.44. The van der Waals surface area contributed by atoms with Gasteiger partial charge in [0.25, 0.3) is 0 Å². The highest BCUT2D eigenvalue weighted by Gasteiger charge is 2.12. The largest absolute Gasteiger partial charge is 0.304 e. The highest BCUT2D eigenvalue weighted by molar-refractivity contribution is 4.68. The van der Waals surface area contributed by atoms with Crippen LogP contribution in [-0.4, -0.2) is 56.2 Å². The van der Waals surface area contributed by atoms with Crippen molar-refractivity contribution in [3.8, 4) is 0 Å². The maximum absolute atomic E-state index is 10.2. The zero-order chi connectivity index (χ0) is 8.10. The summed E-state index contributed by atoms with van der Waals surface area (Å²) < 4.78 is 0. The number of hydrogen-bond donors (Lipinski definition) is 0. The maximum atomic E-state index is 10.2. The Bertz CT molecular complexity index is 97.5. The van der Waals surface area contributed by atoms with E-state index in [9.17, 15) is 5.11 Å². The molecule has 1 heterocycles. The molecule has 1 radical (unpaired) electrons. The van der Waals surface area contributed by atoms with Crippen molar-refractivity contribution in [2.45, 2.75) is 6.42 Å². The van der Waals surface area contributed by atoms with E-state index in [0.29, 0.717) is 0 Å². The Morgan fingerprint density at radius 2 is 1.82 bits per heavy atom. The maximum Gasteiger partial charge on any atom is 0.0834 e. The van der Waals surface area contributed by atoms with Gasteiger partial charge in [-0.1, -0.05) is 0 Å². The van der Waals surface area contributed by atoms with E-state index >= 15 is 0 Å². The van der Waals surface area contributed by atoms with E-state index in [1.807, 2.05) is 0 Å². The Morgan fingerprint density at radius 3 is 2.36 bits per heavy atom. The van der Waals surface area contributed by atoms with Crippen LogP contribution < -0.4 is 0 Å². The van der Waals surface area contributed by atoms with E-state index in [1.54, 1.807) is 0 Å². The SMILES string of the molecule is CN1CCN(CCC[O])CC1. The average Bonchev–Trinajstić information content (AvgIpc) is 2.04. The summed E-state index contributed by atoms with van der Waals surface area (Å²) in [6, 6.07) is 0. The van der Waals surface area contributed by atoms with Crippen LogP contribution >= 0.6 is 0 Å². The molecule has 0 aromatic rings. The number of likely N-dealkylation sites (N-methyl/N-ethyl adjacent to an activating group) is 1. The van der Waals surface area contributed by atoms with Crippen LogP contribution in [0.4, 0.5) is 0 Å². The normalized spacial score (nSPS) is 22.4. The first-order chi connectivity index (χ1) is 5.33. The Balaban J connectivity index is 2.07. The van der Waals surface area contributed by atoms with Gasteiger partial charge in [-0.05, 0) is 13.5 Å². The molecule has 65 valence electrons. The molecular formula is C8H17N2O. The highest BCUT2D eigenvalue weighted by atomic mass is 16.3. The predicted molar refractivity (Wildman–Crippen MR) is 44.1 cm³/mol. The molecule has 0 saturated carbocycles. The van der Waals surface area contributed by atoms with E-state index in [4.69, 9.17) is 0 Å².